The van der Waals surface area contributed by atoms with Crippen molar-refractivity contribution in [2.24, 2.45) is 0 Å². The Hall–Kier alpha value is -2.13. The molecule has 20 heavy (non-hydrogen) atoms. The highest BCUT2D eigenvalue weighted by atomic mass is 32.2. The van der Waals surface area contributed by atoms with E-state index in [2.05, 4.69) is 25.5 Å². The number of aromatic nitrogens is 4. The van der Waals surface area contributed by atoms with Crippen molar-refractivity contribution in [2.75, 3.05) is 24.2 Å². The lowest BCUT2D eigenvalue weighted by Gasteiger charge is -2.03. The summed E-state index contributed by atoms with van der Waals surface area (Å²) in [5.74, 6) is 0.201. The summed E-state index contributed by atoms with van der Waals surface area (Å²) in [5.41, 5.74) is 0.745. The van der Waals surface area contributed by atoms with E-state index >= 15 is 0 Å². The third-order valence-corrected chi connectivity index (χ3v) is 3.10. The molecule has 0 atom stereocenters. The number of hydrogen-bond donors (Lipinski definition) is 4. The molecule has 106 valence electrons. The Morgan fingerprint density at radius 2 is 2.25 bits per heavy atom. The number of aromatic amines is 1. The van der Waals surface area contributed by atoms with Crippen molar-refractivity contribution in [2.45, 2.75) is 5.16 Å². The first-order valence-corrected chi connectivity index (χ1v) is 6.76. The molecule has 2 aromatic heterocycles. The lowest BCUT2D eigenvalue weighted by molar-refractivity contribution is -0.133. The van der Waals surface area contributed by atoms with E-state index in [1.54, 1.807) is 18.3 Å². The summed E-state index contributed by atoms with van der Waals surface area (Å²) in [6.07, 6.45) is 1.62. The molecule has 2 aromatic rings. The van der Waals surface area contributed by atoms with Gasteiger partial charge >= 0.3 is 5.97 Å². The highest BCUT2D eigenvalue weighted by Crippen LogP contribution is 2.19. The number of hydrogen-bond acceptors (Lipinski definition) is 7. The third kappa shape index (κ3) is 3.93. The smallest absolute Gasteiger partial charge is 0.313 e. The number of rotatable bonds is 7. The Labute approximate surface area is 118 Å². The monoisotopic (exact) mass is 295 g/mol. The van der Waals surface area contributed by atoms with Crippen LogP contribution in [0.4, 0.5) is 5.82 Å². The van der Waals surface area contributed by atoms with Gasteiger partial charge in [0.05, 0.1) is 12.4 Å². The molecule has 0 aliphatic heterocycles. The Morgan fingerprint density at radius 3 is 2.90 bits per heavy atom. The van der Waals surface area contributed by atoms with Crippen LogP contribution in [0.1, 0.15) is 0 Å². The highest BCUT2D eigenvalue weighted by molar-refractivity contribution is 7.99. The van der Waals surface area contributed by atoms with E-state index in [0.29, 0.717) is 23.3 Å². The largest absolute Gasteiger partial charge is 0.481 e. The van der Waals surface area contributed by atoms with E-state index in [0.717, 1.165) is 17.3 Å². The van der Waals surface area contributed by atoms with Crippen molar-refractivity contribution in [1.29, 1.82) is 0 Å². The second-order valence-corrected chi connectivity index (χ2v) is 4.71. The van der Waals surface area contributed by atoms with Crippen LogP contribution in [-0.2, 0) is 4.79 Å². The fraction of sp³-hybridized carbons (Fsp3) is 0.273. The van der Waals surface area contributed by atoms with Gasteiger partial charge in [0.15, 0.2) is 11.0 Å². The lowest BCUT2D eigenvalue weighted by Crippen LogP contribution is -2.06. The third-order valence-electron chi connectivity index (χ3n) is 2.25. The molecule has 0 aliphatic rings. The molecule has 8 nitrogen and oxygen atoms in total. The number of nitrogens with one attached hydrogen (secondary N) is 2. The maximum atomic E-state index is 10.5. The van der Waals surface area contributed by atoms with E-state index in [9.17, 15) is 4.79 Å². The number of thioether (sulfide) groups is 1. The number of aliphatic hydroxyl groups excluding tert-OH is 1. The molecule has 0 bridgehead atoms. The van der Waals surface area contributed by atoms with Gasteiger partial charge in [-0.1, -0.05) is 11.8 Å². The summed E-state index contributed by atoms with van der Waals surface area (Å²) in [6, 6.07) is 3.57. The van der Waals surface area contributed by atoms with Crippen LogP contribution in [0.15, 0.2) is 23.5 Å². The number of carboxylic acid groups (broad SMARTS) is 1. The fourth-order valence-corrected chi connectivity index (χ4v) is 1.92. The highest BCUT2D eigenvalue weighted by Gasteiger charge is 2.08. The SMILES string of the molecule is O=C(O)CSc1nnc(-c2ccc(NCCO)nc2)[nH]1. The number of aliphatic hydroxyl groups is 1. The minimum absolute atomic E-state index is 0.0374. The molecule has 0 amide bonds. The summed E-state index contributed by atoms with van der Waals surface area (Å²) < 4.78 is 0. The van der Waals surface area contributed by atoms with E-state index in [1.165, 1.54) is 0 Å². The lowest BCUT2D eigenvalue weighted by atomic mass is 10.3. The van der Waals surface area contributed by atoms with Crippen LogP contribution in [0, 0.1) is 0 Å². The zero-order valence-electron chi connectivity index (χ0n) is 10.4. The van der Waals surface area contributed by atoms with Crippen LogP contribution in [0.2, 0.25) is 0 Å². The standard InChI is InChI=1S/C11H13N5O3S/c17-4-3-12-8-2-1-7(5-13-8)10-14-11(16-15-10)20-6-9(18)19/h1-2,5,17H,3-4,6H2,(H,12,13)(H,18,19)(H,14,15,16). The Bertz CT molecular complexity index is 572. The molecule has 0 saturated carbocycles. The molecule has 0 radical (unpaired) electrons. The number of carbonyl (C=O) groups is 1. The molecule has 0 spiro atoms. The van der Waals surface area contributed by atoms with E-state index in [-0.39, 0.29) is 12.4 Å². The van der Waals surface area contributed by atoms with Gasteiger partial charge in [0.1, 0.15) is 5.82 Å². The minimum atomic E-state index is -0.908. The molecule has 2 rings (SSSR count). The number of nitrogens with zero attached hydrogens (tertiary/aromatic N) is 3. The molecule has 0 aliphatic carbocycles. The first kappa shape index (κ1) is 14.3. The van der Waals surface area contributed by atoms with Crippen LogP contribution >= 0.6 is 11.8 Å². The molecular formula is C11H13N5O3S. The molecule has 0 saturated heterocycles. The topological polar surface area (TPSA) is 124 Å². The average Bonchev–Trinajstić information content (AvgIpc) is 2.92. The van der Waals surface area contributed by atoms with E-state index in [4.69, 9.17) is 10.2 Å². The van der Waals surface area contributed by atoms with Gasteiger partial charge in [-0.25, -0.2) is 4.98 Å². The van der Waals surface area contributed by atoms with Crippen molar-refractivity contribution in [3.8, 4) is 11.4 Å². The van der Waals surface area contributed by atoms with Crippen molar-refractivity contribution in [3.05, 3.63) is 18.3 Å². The van der Waals surface area contributed by atoms with Gasteiger partial charge in [-0.2, -0.15) is 0 Å². The maximum Gasteiger partial charge on any atom is 0.313 e. The molecular weight excluding hydrogens is 282 g/mol. The second-order valence-electron chi connectivity index (χ2n) is 3.74. The van der Waals surface area contributed by atoms with Gasteiger partial charge in [0, 0.05) is 18.3 Å². The Morgan fingerprint density at radius 1 is 1.40 bits per heavy atom. The quantitative estimate of drug-likeness (QED) is 0.543. The summed E-state index contributed by atoms with van der Waals surface area (Å²) in [6.45, 7) is 0.473. The van der Waals surface area contributed by atoms with Gasteiger partial charge in [0.2, 0.25) is 0 Å². The number of H-pyrrole nitrogens is 1. The zero-order chi connectivity index (χ0) is 14.4. The molecule has 0 fully saturated rings. The van der Waals surface area contributed by atoms with Crippen LogP contribution in [0.5, 0.6) is 0 Å². The fourth-order valence-electron chi connectivity index (χ4n) is 1.39. The predicted octanol–water partition coefficient (Wildman–Crippen LogP) is 0.448. The normalized spacial score (nSPS) is 10.4. The second kappa shape index (κ2) is 6.87. The summed E-state index contributed by atoms with van der Waals surface area (Å²) in [4.78, 5) is 17.5. The first-order chi connectivity index (χ1) is 9.69. The van der Waals surface area contributed by atoms with Crippen molar-refractivity contribution in [1.82, 2.24) is 20.2 Å². The van der Waals surface area contributed by atoms with E-state index < -0.39 is 5.97 Å². The Kier molecular flexibility index (Phi) is 4.91. The van der Waals surface area contributed by atoms with E-state index in [1.807, 2.05) is 0 Å². The van der Waals surface area contributed by atoms with Crippen molar-refractivity contribution >= 4 is 23.5 Å². The summed E-state index contributed by atoms with van der Waals surface area (Å²) in [5, 5.41) is 28.5. The van der Waals surface area contributed by atoms with Crippen molar-refractivity contribution in [3.63, 3.8) is 0 Å². The zero-order valence-corrected chi connectivity index (χ0v) is 11.2. The van der Waals surface area contributed by atoms with Crippen LogP contribution in [0.3, 0.4) is 0 Å². The molecule has 2 heterocycles. The van der Waals surface area contributed by atoms with Gasteiger partial charge in [-0.05, 0) is 12.1 Å². The van der Waals surface area contributed by atoms with Gasteiger partial charge in [-0.15, -0.1) is 10.2 Å². The predicted molar refractivity (Wildman–Crippen MR) is 73.5 cm³/mol. The van der Waals surface area contributed by atoms with Gasteiger partial charge in [-0.3, -0.25) is 4.79 Å². The first-order valence-electron chi connectivity index (χ1n) is 5.77. The number of aliphatic carboxylic acids is 1. The number of carboxylic acids is 1. The van der Waals surface area contributed by atoms with Crippen molar-refractivity contribution < 1.29 is 15.0 Å². The Balaban J connectivity index is 2.02. The van der Waals surface area contributed by atoms with Crippen LogP contribution < -0.4 is 5.32 Å². The number of anilines is 1. The molecule has 9 heteroatoms. The molecule has 0 aromatic carbocycles. The summed E-state index contributed by atoms with van der Waals surface area (Å²) >= 11 is 1.07. The molecule has 0 unspecified atom stereocenters. The number of pyridine rings is 1. The van der Waals surface area contributed by atoms with Crippen LogP contribution in [0.25, 0.3) is 11.4 Å². The van der Waals surface area contributed by atoms with Crippen LogP contribution in [-0.4, -0.2) is 55.3 Å². The summed E-state index contributed by atoms with van der Waals surface area (Å²) in [7, 11) is 0. The maximum absolute atomic E-state index is 10.5. The van der Waals surface area contributed by atoms with Gasteiger partial charge < -0.3 is 20.5 Å². The molecule has 4 N–H and O–H groups in total. The average molecular weight is 295 g/mol. The van der Waals surface area contributed by atoms with Gasteiger partial charge in [0.25, 0.3) is 0 Å². The minimum Gasteiger partial charge on any atom is -0.481 e.